The average Bonchev–Trinajstić information content (AvgIpc) is 2.25. The van der Waals surface area contributed by atoms with Gasteiger partial charge in [0.05, 0.1) is 6.61 Å². The first-order valence-electron chi connectivity index (χ1n) is 4.69. The summed E-state index contributed by atoms with van der Waals surface area (Å²) < 4.78 is 12.8. The number of urea groups is 1. The van der Waals surface area contributed by atoms with Crippen LogP contribution >= 0.6 is 0 Å². The number of aliphatic carboxylic acids is 1. The Labute approximate surface area is 96.1 Å². The smallest absolute Gasteiger partial charge is 0.328 e. The summed E-state index contributed by atoms with van der Waals surface area (Å²) >= 11 is 0. The van der Waals surface area contributed by atoms with Crippen LogP contribution in [-0.2, 0) is 4.79 Å². The van der Waals surface area contributed by atoms with Crippen LogP contribution in [0.15, 0.2) is 24.3 Å². The number of anilines is 1. The summed E-state index contributed by atoms with van der Waals surface area (Å²) in [6, 6.07) is 2.88. The molecule has 0 aromatic heterocycles. The first-order valence-corrected chi connectivity index (χ1v) is 4.69. The molecule has 0 bridgehead atoms. The van der Waals surface area contributed by atoms with Crippen LogP contribution in [0.3, 0.4) is 0 Å². The molecule has 2 amide bonds. The molecule has 0 heterocycles. The Bertz CT molecular complexity index is 425. The quantitative estimate of drug-likeness (QED) is 0.614. The molecule has 17 heavy (non-hydrogen) atoms. The van der Waals surface area contributed by atoms with E-state index in [1.807, 2.05) is 5.32 Å². The van der Waals surface area contributed by atoms with Crippen molar-refractivity contribution in [2.45, 2.75) is 6.04 Å². The first-order chi connectivity index (χ1) is 8.02. The van der Waals surface area contributed by atoms with Crippen molar-refractivity contribution in [1.82, 2.24) is 5.32 Å². The van der Waals surface area contributed by atoms with Gasteiger partial charge in [-0.15, -0.1) is 0 Å². The van der Waals surface area contributed by atoms with Gasteiger partial charge in [0.25, 0.3) is 0 Å². The van der Waals surface area contributed by atoms with Crippen LogP contribution in [0.4, 0.5) is 14.9 Å². The molecular formula is C10H11FN2O4. The highest BCUT2D eigenvalue weighted by atomic mass is 19.1. The van der Waals surface area contributed by atoms with E-state index < -0.39 is 30.5 Å². The number of rotatable bonds is 4. The van der Waals surface area contributed by atoms with Gasteiger partial charge in [-0.3, -0.25) is 0 Å². The number of amides is 2. The lowest BCUT2D eigenvalue weighted by Gasteiger charge is -2.12. The van der Waals surface area contributed by atoms with E-state index in [1.54, 1.807) is 0 Å². The van der Waals surface area contributed by atoms with Crippen molar-refractivity contribution in [3.8, 4) is 0 Å². The van der Waals surface area contributed by atoms with E-state index in [4.69, 9.17) is 10.2 Å². The maximum absolute atomic E-state index is 12.8. The average molecular weight is 242 g/mol. The number of hydrogen-bond acceptors (Lipinski definition) is 3. The first kappa shape index (κ1) is 12.9. The van der Waals surface area contributed by atoms with Crippen molar-refractivity contribution in [1.29, 1.82) is 0 Å². The van der Waals surface area contributed by atoms with Crippen molar-refractivity contribution < 1.29 is 24.2 Å². The largest absolute Gasteiger partial charge is 0.480 e. The van der Waals surface area contributed by atoms with Gasteiger partial charge in [-0.25, -0.2) is 14.0 Å². The molecule has 0 aliphatic carbocycles. The lowest BCUT2D eigenvalue weighted by Crippen LogP contribution is -2.45. The number of halogens is 1. The third-order valence-corrected chi connectivity index (χ3v) is 1.87. The molecular weight excluding hydrogens is 231 g/mol. The highest BCUT2D eigenvalue weighted by Crippen LogP contribution is 2.08. The van der Waals surface area contributed by atoms with Crippen LogP contribution < -0.4 is 10.6 Å². The highest BCUT2D eigenvalue weighted by Gasteiger charge is 2.18. The molecule has 0 saturated heterocycles. The second-order valence-corrected chi connectivity index (χ2v) is 3.18. The van der Waals surface area contributed by atoms with Crippen LogP contribution in [0.1, 0.15) is 0 Å². The van der Waals surface area contributed by atoms with Crippen molar-refractivity contribution in [3.63, 3.8) is 0 Å². The van der Waals surface area contributed by atoms with Crippen molar-refractivity contribution in [2.24, 2.45) is 0 Å². The van der Waals surface area contributed by atoms with Gasteiger partial charge in [0.15, 0.2) is 6.04 Å². The van der Waals surface area contributed by atoms with Gasteiger partial charge in [-0.1, -0.05) is 6.07 Å². The van der Waals surface area contributed by atoms with Crippen molar-refractivity contribution in [2.75, 3.05) is 11.9 Å². The second-order valence-electron chi connectivity index (χ2n) is 3.18. The van der Waals surface area contributed by atoms with E-state index in [1.165, 1.54) is 18.2 Å². The zero-order valence-corrected chi connectivity index (χ0v) is 8.68. The molecule has 0 saturated carbocycles. The van der Waals surface area contributed by atoms with E-state index in [0.717, 1.165) is 6.07 Å². The molecule has 0 aliphatic rings. The maximum atomic E-state index is 12.8. The minimum absolute atomic E-state index is 0.185. The predicted octanol–water partition coefficient (Wildman–Crippen LogP) is 0.393. The van der Waals surface area contributed by atoms with Crippen LogP contribution in [0, 0.1) is 5.82 Å². The highest BCUT2D eigenvalue weighted by molar-refractivity contribution is 5.92. The molecule has 1 aromatic carbocycles. The van der Waals surface area contributed by atoms with Gasteiger partial charge in [0, 0.05) is 5.69 Å². The van der Waals surface area contributed by atoms with Gasteiger partial charge in [0.1, 0.15) is 5.82 Å². The monoisotopic (exact) mass is 242 g/mol. The lowest BCUT2D eigenvalue weighted by atomic mass is 10.3. The van der Waals surface area contributed by atoms with E-state index in [2.05, 4.69) is 5.32 Å². The number of carbonyl (C=O) groups excluding carboxylic acids is 1. The molecule has 1 rings (SSSR count). The van der Waals surface area contributed by atoms with E-state index in [9.17, 15) is 14.0 Å². The van der Waals surface area contributed by atoms with Gasteiger partial charge in [0.2, 0.25) is 0 Å². The van der Waals surface area contributed by atoms with Crippen LogP contribution in [0.5, 0.6) is 0 Å². The lowest BCUT2D eigenvalue weighted by molar-refractivity contribution is -0.140. The summed E-state index contributed by atoms with van der Waals surface area (Å²) in [7, 11) is 0. The molecule has 7 heteroatoms. The van der Waals surface area contributed by atoms with Gasteiger partial charge >= 0.3 is 12.0 Å². The summed E-state index contributed by atoms with van der Waals surface area (Å²) in [6.45, 7) is -0.730. The maximum Gasteiger partial charge on any atom is 0.328 e. The van der Waals surface area contributed by atoms with Gasteiger partial charge in [-0.05, 0) is 18.2 Å². The van der Waals surface area contributed by atoms with E-state index in [0.29, 0.717) is 0 Å². The second kappa shape index (κ2) is 5.80. The number of hydrogen-bond donors (Lipinski definition) is 4. The van der Waals surface area contributed by atoms with Crippen molar-refractivity contribution in [3.05, 3.63) is 30.1 Å². The van der Waals surface area contributed by atoms with Gasteiger partial charge < -0.3 is 20.8 Å². The molecule has 6 nitrogen and oxygen atoms in total. The number of aliphatic hydroxyl groups is 1. The molecule has 0 fully saturated rings. The summed E-state index contributed by atoms with van der Waals surface area (Å²) in [4.78, 5) is 21.8. The Kier molecular flexibility index (Phi) is 4.41. The molecule has 0 radical (unpaired) electrons. The molecule has 92 valence electrons. The Morgan fingerprint density at radius 2 is 2.12 bits per heavy atom. The standard InChI is InChI=1S/C10H11FN2O4/c11-6-2-1-3-7(4-6)12-10(17)13-8(5-14)9(15)16/h1-4,8,14H,5H2,(H,15,16)(H2,12,13,17)/t8-/m0/s1. The molecule has 1 atom stereocenters. The van der Waals surface area contributed by atoms with E-state index >= 15 is 0 Å². The van der Waals surface area contributed by atoms with Crippen LogP contribution in [0.2, 0.25) is 0 Å². The summed E-state index contributed by atoms with van der Waals surface area (Å²) in [6.07, 6.45) is 0. The Morgan fingerprint density at radius 3 is 2.65 bits per heavy atom. The number of carboxylic acids is 1. The molecule has 1 aromatic rings. The zero-order chi connectivity index (χ0) is 12.8. The van der Waals surface area contributed by atoms with Crippen LogP contribution in [0.25, 0.3) is 0 Å². The normalized spacial score (nSPS) is 11.6. The third kappa shape index (κ3) is 4.07. The molecule has 0 spiro atoms. The molecule has 0 aliphatic heterocycles. The third-order valence-electron chi connectivity index (χ3n) is 1.87. The Balaban J connectivity index is 2.58. The molecule has 4 N–H and O–H groups in total. The fraction of sp³-hybridized carbons (Fsp3) is 0.200. The fourth-order valence-electron chi connectivity index (χ4n) is 1.08. The number of nitrogens with one attached hydrogen (secondary N) is 2. The SMILES string of the molecule is O=C(Nc1cccc(F)c1)N[C@@H](CO)C(=O)O. The molecule has 0 unspecified atom stereocenters. The van der Waals surface area contributed by atoms with E-state index in [-0.39, 0.29) is 5.69 Å². The summed E-state index contributed by atoms with van der Waals surface area (Å²) in [5, 5.41) is 21.5. The predicted molar refractivity (Wildman–Crippen MR) is 57.1 cm³/mol. The number of aliphatic hydroxyl groups excluding tert-OH is 1. The minimum Gasteiger partial charge on any atom is -0.480 e. The number of carbonyl (C=O) groups is 2. The summed E-state index contributed by atoms with van der Waals surface area (Å²) in [5.74, 6) is -1.89. The van der Waals surface area contributed by atoms with Crippen molar-refractivity contribution >= 4 is 17.7 Å². The summed E-state index contributed by atoms with van der Waals surface area (Å²) in [5.41, 5.74) is 0.185. The topological polar surface area (TPSA) is 98.7 Å². The van der Waals surface area contributed by atoms with Gasteiger partial charge in [-0.2, -0.15) is 0 Å². The fourth-order valence-corrected chi connectivity index (χ4v) is 1.08. The number of carboxylic acid groups (broad SMARTS) is 1. The number of benzene rings is 1. The minimum atomic E-state index is -1.40. The Hall–Kier alpha value is -2.15. The Morgan fingerprint density at radius 1 is 1.41 bits per heavy atom. The van der Waals surface area contributed by atoms with Crippen LogP contribution in [-0.4, -0.2) is 34.9 Å². The zero-order valence-electron chi connectivity index (χ0n) is 8.68.